The minimum Gasteiger partial charge on any atom is -0.348 e. The molecule has 1 aromatic carbocycles. The van der Waals surface area contributed by atoms with Gasteiger partial charge in [0.25, 0.3) is 5.91 Å². The number of thiazole rings is 1. The molecule has 1 aliphatic carbocycles. The van der Waals surface area contributed by atoms with E-state index in [0.29, 0.717) is 6.54 Å². The van der Waals surface area contributed by atoms with Gasteiger partial charge in [-0.1, -0.05) is 12.5 Å². The standard InChI is InChI=1S/C16H17F2N3OS/c17-10-4-2-5-11(18)14(10)16-21-13(8-23-16)15(22)20-12-6-1-3-9(12)7-19/h2,4-5,8-9,12H,1,3,6-7,19H2,(H,20,22). The van der Waals surface area contributed by atoms with Crippen molar-refractivity contribution in [3.05, 3.63) is 40.9 Å². The van der Waals surface area contributed by atoms with Gasteiger partial charge < -0.3 is 11.1 Å². The third-order valence-electron chi connectivity index (χ3n) is 4.19. The van der Waals surface area contributed by atoms with E-state index in [1.807, 2.05) is 0 Å². The first-order valence-electron chi connectivity index (χ1n) is 7.51. The molecule has 0 spiro atoms. The van der Waals surface area contributed by atoms with Crippen molar-refractivity contribution in [1.82, 2.24) is 10.3 Å². The maximum atomic E-state index is 13.8. The fraction of sp³-hybridized carbons (Fsp3) is 0.375. The first kappa shape index (κ1) is 16.0. The Labute approximate surface area is 136 Å². The van der Waals surface area contributed by atoms with Gasteiger partial charge in [-0.15, -0.1) is 11.3 Å². The summed E-state index contributed by atoms with van der Waals surface area (Å²) in [7, 11) is 0. The molecule has 2 unspecified atom stereocenters. The van der Waals surface area contributed by atoms with Crippen LogP contribution in [0.1, 0.15) is 29.8 Å². The maximum absolute atomic E-state index is 13.8. The maximum Gasteiger partial charge on any atom is 0.271 e. The van der Waals surface area contributed by atoms with E-state index in [-0.39, 0.29) is 34.1 Å². The lowest BCUT2D eigenvalue weighted by Crippen LogP contribution is -2.40. The first-order valence-corrected chi connectivity index (χ1v) is 8.39. The van der Waals surface area contributed by atoms with E-state index < -0.39 is 11.6 Å². The number of carbonyl (C=O) groups is 1. The molecule has 1 aliphatic rings. The average molecular weight is 337 g/mol. The summed E-state index contributed by atoms with van der Waals surface area (Å²) in [5.74, 6) is -1.42. The summed E-state index contributed by atoms with van der Waals surface area (Å²) in [5.41, 5.74) is 5.68. The van der Waals surface area contributed by atoms with Gasteiger partial charge in [0.1, 0.15) is 22.3 Å². The molecule has 1 aromatic heterocycles. The van der Waals surface area contributed by atoms with Crippen LogP contribution in [0.3, 0.4) is 0 Å². The molecular weight excluding hydrogens is 320 g/mol. The molecule has 7 heteroatoms. The topological polar surface area (TPSA) is 68.0 Å². The normalized spacial score (nSPS) is 20.7. The lowest BCUT2D eigenvalue weighted by atomic mass is 10.0. The number of amides is 1. The predicted molar refractivity (Wildman–Crippen MR) is 85.1 cm³/mol. The van der Waals surface area contributed by atoms with Crippen LogP contribution in [0.2, 0.25) is 0 Å². The highest BCUT2D eigenvalue weighted by Crippen LogP contribution is 2.29. The molecule has 3 N–H and O–H groups in total. The second-order valence-corrected chi connectivity index (χ2v) is 6.50. The molecule has 1 amide bonds. The lowest BCUT2D eigenvalue weighted by Gasteiger charge is -2.18. The Morgan fingerprint density at radius 3 is 2.78 bits per heavy atom. The molecule has 2 atom stereocenters. The summed E-state index contributed by atoms with van der Waals surface area (Å²) in [5, 5.41) is 4.60. The third-order valence-corrected chi connectivity index (χ3v) is 5.05. The molecule has 122 valence electrons. The number of carbonyl (C=O) groups excluding carboxylic acids is 1. The molecule has 23 heavy (non-hydrogen) atoms. The smallest absolute Gasteiger partial charge is 0.271 e. The number of rotatable bonds is 4. The summed E-state index contributed by atoms with van der Waals surface area (Å²) < 4.78 is 27.6. The number of hydrogen-bond acceptors (Lipinski definition) is 4. The Kier molecular flexibility index (Phi) is 4.68. The van der Waals surface area contributed by atoms with E-state index in [1.165, 1.54) is 23.6 Å². The molecule has 1 fully saturated rings. The zero-order valence-corrected chi connectivity index (χ0v) is 13.2. The SMILES string of the molecule is NCC1CCCC1NC(=O)c1csc(-c2c(F)cccc2F)n1. The van der Waals surface area contributed by atoms with Gasteiger partial charge in [-0.05, 0) is 37.4 Å². The van der Waals surface area contributed by atoms with Gasteiger partial charge in [-0.25, -0.2) is 13.8 Å². The van der Waals surface area contributed by atoms with Crippen LogP contribution >= 0.6 is 11.3 Å². The number of benzene rings is 1. The van der Waals surface area contributed by atoms with Crippen molar-refractivity contribution in [2.24, 2.45) is 11.7 Å². The fourth-order valence-corrected chi connectivity index (χ4v) is 3.79. The van der Waals surface area contributed by atoms with Crippen LogP contribution in [-0.2, 0) is 0 Å². The van der Waals surface area contributed by atoms with Gasteiger partial charge in [-0.2, -0.15) is 0 Å². The lowest BCUT2D eigenvalue weighted by molar-refractivity contribution is 0.0924. The summed E-state index contributed by atoms with van der Waals surface area (Å²) in [4.78, 5) is 16.4. The van der Waals surface area contributed by atoms with Crippen molar-refractivity contribution in [2.45, 2.75) is 25.3 Å². The van der Waals surface area contributed by atoms with Crippen molar-refractivity contribution in [3.63, 3.8) is 0 Å². The molecule has 3 rings (SSSR count). The van der Waals surface area contributed by atoms with Crippen molar-refractivity contribution in [2.75, 3.05) is 6.54 Å². The highest BCUT2D eigenvalue weighted by atomic mass is 32.1. The third kappa shape index (κ3) is 3.25. The van der Waals surface area contributed by atoms with Crippen LogP contribution < -0.4 is 11.1 Å². The largest absolute Gasteiger partial charge is 0.348 e. The van der Waals surface area contributed by atoms with E-state index >= 15 is 0 Å². The number of nitrogens with two attached hydrogens (primary N) is 1. The zero-order chi connectivity index (χ0) is 16.4. The van der Waals surface area contributed by atoms with E-state index in [9.17, 15) is 13.6 Å². The van der Waals surface area contributed by atoms with Gasteiger partial charge in [0.2, 0.25) is 0 Å². The van der Waals surface area contributed by atoms with E-state index in [4.69, 9.17) is 5.73 Å². The first-order chi connectivity index (χ1) is 11.1. The highest BCUT2D eigenvalue weighted by molar-refractivity contribution is 7.13. The van der Waals surface area contributed by atoms with E-state index in [1.54, 1.807) is 0 Å². The zero-order valence-electron chi connectivity index (χ0n) is 12.4. The van der Waals surface area contributed by atoms with Crippen molar-refractivity contribution in [1.29, 1.82) is 0 Å². The van der Waals surface area contributed by atoms with Gasteiger partial charge >= 0.3 is 0 Å². The number of nitrogens with one attached hydrogen (secondary N) is 1. The van der Waals surface area contributed by atoms with E-state index in [0.717, 1.165) is 30.6 Å². The summed E-state index contributed by atoms with van der Waals surface area (Å²) >= 11 is 1.05. The molecule has 0 saturated heterocycles. The molecule has 0 bridgehead atoms. The second-order valence-electron chi connectivity index (χ2n) is 5.64. The number of nitrogens with zero attached hydrogens (tertiary/aromatic N) is 1. The quantitative estimate of drug-likeness (QED) is 0.901. The Bertz CT molecular complexity index is 699. The summed E-state index contributed by atoms with van der Waals surface area (Å²) in [6, 6.07) is 3.68. The number of aromatic nitrogens is 1. The Hall–Kier alpha value is -1.86. The van der Waals surface area contributed by atoms with Crippen molar-refractivity contribution < 1.29 is 13.6 Å². The van der Waals surface area contributed by atoms with Crippen LogP contribution in [-0.4, -0.2) is 23.5 Å². The Morgan fingerprint density at radius 2 is 2.09 bits per heavy atom. The highest BCUT2D eigenvalue weighted by Gasteiger charge is 2.28. The van der Waals surface area contributed by atoms with Crippen LogP contribution in [0.4, 0.5) is 8.78 Å². The Balaban J connectivity index is 1.78. The van der Waals surface area contributed by atoms with Gasteiger partial charge in [0.15, 0.2) is 0 Å². The minimum absolute atomic E-state index is 0.0443. The van der Waals surface area contributed by atoms with Crippen molar-refractivity contribution in [3.8, 4) is 10.6 Å². The predicted octanol–water partition coefficient (Wildman–Crippen LogP) is 2.95. The van der Waals surface area contributed by atoms with Crippen LogP contribution in [0.15, 0.2) is 23.6 Å². The molecule has 0 aliphatic heterocycles. The van der Waals surface area contributed by atoms with Crippen LogP contribution in [0.5, 0.6) is 0 Å². The minimum atomic E-state index is -0.690. The van der Waals surface area contributed by atoms with Gasteiger partial charge in [0, 0.05) is 11.4 Å². The second kappa shape index (κ2) is 6.72. The van der Waals surface area contributed by atoms with Crippen molar-refractivity contribution >= 4 is 17.2 Å². The number of hydrogen-bond donors (Lipinski definition) is 2. The van der Waals surface area contributed by atoms with Crippen LogP contribution in [0.25, 0.3) is 10.6 Å². The molecular formula is C16H17F2N3OS. The summed E-state index contributed by atoms with van der Waals surface area (Å²) in [6.07, 6.45) is 2.94. The van der Waals surface area contributed by atoms with E-state index in [2.05, 4.69) is 10.3 Å². The van der Waals surface area contributed by atoms with Gasteiger partial charge in [0.05, 0.1) is 5.56 Å². The molecule has 1 saturated carbocycles. The average Bonchev–Trinajstić information content (AvgIpc) is 3.16. The summed E-state index contributed by atoms with van der Waals surface area (Å²) in [6.45, 7) is 0.535. The molecule has 4 nitrogen and oxygen atoms in total. The monoisotopic (exact) mass is 337 g/mol. The Morgan fingerprint density at radius 1 is 1.35 bits per heavy atom. The number of halogens is 2. The van der Waals surface area contributed by atoms with Crippen LogP contribution in [0, 0.1) is 17.6 Å². The molecule has 0 radical (unpaired) electrons. The molecule has 2 aromatic rings. The molecule has 1 heterocycles. The van der Waals surface area contributed by atoms with Gasteiger partial charge in [-0.3, -0.25) is 4.79 Å². The fourth-order valence-electron chi connectivity index (χ4n) is 2.95.